The van der Waals surface area contributed by atoms with Crippen molar-refractivity contribution in [2.45, 2.75) is 52.2 Å². The second-order valence-electron chi connectivity index (χ2n) is 16.2. The third kappa shape index (κ3) is 7.42. The van der Waals surface area contributed by atoms with Gasteiger partial charge in [0.05, 0.1) is 28.0 Å². The van der Waals surface area contributed by atoms with Crippen LogP contribution in [0, 0.1) is 0 Å². The second-order valence-corrected chi connectivity index (χ2v) is 16.2. The van der Waals surface area contributed by atoms with Crippen LogP contribution in [0.15, 0.2) is 182 Å². The van der Waals surface area contributed by atoms with Crippen molar-refractivity contribution in [3.05, 3.63) is 193 Å². The van der Waals surface area contributed by atoms with Crippen molar-refractivity contribution in [1.82, 2.24) is 14.5 Å². The van der Waals surface area contributed by atoms with Crippen LogP contribution in [0.2, 0.25) is 0 Å². The van der Waals surface area contributed by atoms with Gasteiger partial charge in [-0.05, 0) is 110 Å². The first-order chi connectivity index (χ1) is 32.7. The monoisotopic (exact) mass is 788 g/mol. The molecule has 2 aromatic heterocycles. The Kier molecular flexibility index (Phi) is 7.44. The average molecular weight is 789 g/mol. The molecule has 60 heavy (non-hydrogen) atoms. The number of hydrogen-bond donors (Lipinski definition) is 1. The summed E-state index contributed by atoms with van der Waals surface area (Å²) in [5.74, 6) is 0.298. The van der Waals surface area contributed by atoms with Gasteiger partial charge in [0, 0.05) is 35.2 Å². The van der Waals surface area contributed by atoms with E-state index in [9.17, 15) is 5.11 Å². The van der Waals surface area contributed by atoms with Gasteiger partial charge in [0.15, 0.2) is 0 Å². The van der Waals surface area contributed by atoms with Crippen molar-refractivity contribution in [3.8, 4) is 78.6 Å². The van der Waals surface area contributed by atoms with Crippen LogP contribution in [0.25, 0.3) is 83.9 Å². The van der Waals surface area contributed by atoms with Crippen LogP contribution < -0.4 is 0 Å². The second kappa shape index (κ2) is 15.3. The first kappa shape index (κ1) is 29.2. The Morgan fingerprint density at radius 2 is 1.12 bits per heavy atom. The molecule has 7 aromatic carbocycles. The number of benzene rings is 7. The number of pyridine rings is 1. The lowest BCUT2D eigenvalue weighted by Crippen LogP contribution is -2.12. The molecule has 0 saturated carbocycles. The Morgan fingerprint density at radius 1 is 0.483 bits per heavy atom. The van der Waals surface area contributed by atoms with Crippen molar-refractivity contribution in [3.63, 3.8) is 0 Å². The standard InChI is InChI=1S/C56H49N3O/c1-55(2,3)44-28-29-50(48(36-44)40-18-11-8-12-19-40)59-51-22-15-21-46(53(51)58-54(59)47-20-13-14-23-52(47)60)42-32-43(34-45(33-42)56(4,5)6)49-35-41(30-31-57-49)39-26-24-38(25-27-39)37-16-9-7-10-17-37/h7-36,60H,1-6H3/i1D3,2D3,3D3. The van der Waals surface area contributed by atoms with E-state index in [0.29, 0.717) is 39.2 Å². The number of aromatic hydroxyl groups is 1. The fourth-order valence-electron chi connectivity index (χ4n) is 7.85. The molecular formula is C56H49N3O. The summed E-state index contributed by atoms with van der Waals surface area (Å²) in [5.41, 5.74) is 7.82. The molecule has 0 radical (unpaired) electrons. The van der Waals surface area contributed by atoms with E-state index in [0.717, 1.165) is 50.2 Å². The van der Waals surface area contributed by atoms with Crippen molar-refractivity contribution >= 4 is 11.0 Å². The molecule has 4 nitrogen and oxygen atoms in total. The summed E-state index contributed by atoms with van der Waals surface area (Å²) < 4.78 is 78.5. The predicted octanol–water partition coefficient (Wildman–Crippen LogP) is 14.7. The zero-order valence-corrected chi connectivity index (χ0v) is 33.6. The number of phenols is 1. The molecular weight excluding hydrogens is 731 g/mol. The molecule has 0 aliphatic rings. The molecule has 4 heteroatoms. The number of imidazole rings is 1. The number of nitrogens with zero attached hydrogens (tertiary/aromatic N) is 3. The van der Waals surface area contributed by atoms with Crippen LogP contribution >= 0.6 is 0 Å². The summed E-state index contributed by atoms with van der Waals surface area (Å²) >= 11 is 0. The molecule has 9 rings (SSSR count). The van der Waals surface area contributed by atoms with Crippen molar-refractivity contribution in [1.29, 1.82) is 0 Å². The van der Waals surface area contributed by atoms with Gasteiger partial charge in [-0.3, -0.25) is 9.55 Å². The molecule has 0 spiro atoms. The topological polar surface area (TPSA) is 50.9 Å². The van der Waals surface area contributed by atoms with Gasteiger partial charge in [-0.25, -0.2) is 4.98 Å². The molecule has 1 N–H and O–H groups in total. The van der Waals surface area contributed by atoms with Gasteiger partial charge in [-0.2, -0.15) is 0 Å². The predicted molar refractivity (Wildman–Crippen MR) is 251 cm³/mol. The Bertz CT molecular complexity index is 3300. The molecule has 0 unspecified atom stereocenters. The van der Waals surface area contributed by atoms with E-state index in [1.807, 2.05) is 59.3 Å². The van der Waals surface area contributed by atoms with Gasteiger partial charge in [-0.15, -0.1) is 0 Å². The van der Waals surface area contributed by atoms with E-state index >= 15 is 0 Å². The lowest BCUT2D eigenvalue weighted by molar-refractivity contribution is 0.477. The largest absolute Gasteiger partial charge is 0.507 e. The van der Waals surface area contributed by atoms with E-state index in [4.69, 9.17) is 22.3 Å². The van der Waals surface area contributed by atoms with Crippen LogP contribution in [-0.2, 0) is 10.8 Å². The van der Waals surface area contributed by atoms with Gasteiger partial charge in [0.1, 0.15) is 11.6 Å². The highest BCUT2D eigenvalue weighted by molar-refractivity contribution is 5.97. The maximum atomic E-state index is 11.5. The third-order valence-electron chi connectivity index (χ3n) is 11.1. The molecule has 0 saturated heterocycles. The van der Waals surface area contributed by atoms with E-state index in [2.05, 4.69) is 81.4 Å². The summed E-state index contributed by atoms with van der Waals surface area (Å²) in [6.45, 7) is -3.93. The lowest BCUT2D eigenvalue weighted by Gasteiger charge is -2.23. The SMILES string of the molecule is [2H]C([2H])([2H])C(c1ccc(-n2c(-c3ccccc3O)nc3c(-c4cc(-c5cc(-c6ccc(-c7ccccc7)cc6)ccn5)cc(C(C)(C)C)c4)cccc32)c(-c2ccccc2)c1)(C([2H])([2H])[2H])C([2H])([2H])[2H]. The summed E-state index contributed by atoms with van der Waals surface area (Å²) in [6, 6.07) is 55.1. The summed E-state index contributed by atoms with van der Waals surface area (Å²) in [7, 11) is 0. The molecule has 9 aromatic rings. The first-order valence-corrected chi connectivity index (χ1v) is 20.0. The molecule has 0 atom stereocenters. The summed E-state index contributed by atoms with van der Waals surface area (Å²) in [6.07, 6.45) is 1.83. The van der Waals surface area contributed by atoms with Gasteiger partial charge >= 0.3 is 0 Å². The van der Waals surface area contributed by atoms with Crippen LogP contribution in [-0.4, -0.2) is 19.6 Å². The zero-order chi connectivity index (χ0) is 49.1. The molecule has 0 aliphatic carbocycles. The van der Waals surface area contributed by atoms with Crippen LogP contribution in [0.4, 0.5) is 0 Å². The van der Waals surface area contributed by atoms with Gasteiger partial charge in [0.25, 0.3) is 0 Å². The minimum absolute atomic E-state index is 0.0441. The molecule has 0 aliphatic heterocycles. The van der Waals surface area contributed by atoms with E-state index < -0.39 is 26.0 Å². The van der Waals surface area contributed by atoms with Gasteiger partial charge in [0.2, 0.25) is 0 Å². The van der Waals surface area contributed by atoms with Crippen molar-refractivity contribution in [2.24, 2.45) is 0 Å². The highest BCUT2D eigenvalue weighted by Gasteiger charge is 2.25. The van der Waals surface area contributed by atoms with E-state index in [-0.39, 0.29) is 16.7 Å². The fraction of sp³-hybridized carbons (Fsp3) is 0.143. The highest BCUT2D eigenvalue weighted by atomic mass is 16.3. The number of rotatable bonds is 7. The number of phenolic OH excluding ortho intramolecular Hbond substituents is 1. The molecule has 2 heterocycles. The smallest absolute Gasteiger partial charge is 0.149 e. The minimum atomic E-state index is -3.47. The van der Waals surface area contributed by atoms with Crippen molar-refractivity contribution in [2.75, 3.05) is 0 Å². The molecule has 0 fully saturated rings. The Hall–Kier alpha value is -7.04. The van der Waals surface area contributed by atoms with Crippen LogP contribution in [0.5, 0.6) is 5.75 Å². The van der Waals surface area contributed by atoms with Crippen LogP contribution in [0.3, 0.4) is 0 Å². The fourth-order valence-corrected chi connectivity index (χ4v) is 7.85. The van der Waals surface area contributed by atoms with Crippen LogP contribution in [0.1, 0.15) is 64.8 Å². The summed E-state index contributed by atoms with van der Waals surface area (Å²) in [5, 5.41) is 11.5. The first-order valence-electron chi connectivity index (χ1n) is 24.5. The van der Waals surface area contributed by atoms with E-state index in [1.54, 1.807) is 54.6 Å². The Morgan fingerprint density at radius 3 is 1.82 bits per heavy atom. The lowest BCUT2D eigenvalue weighted by atomic mass is 9.83. The van der Waals surface area contributed by atoms with E-state index in [1.165, 1.54) is 12.1 Å². The average Bonchev–Trinajstić information content (AvgIpc) is 3.70. The van der Waals surface area contributed by atoms with Gasteiger partial charge < -0.3 is 5.11 Å². The number of para-hydroxylation sites is 2. The quantitative estimate of drug-likeness (QED) is 0.175. The molecule has 0 amide bonds. The van der Waals surface area contributed by atoms with Gasteiger partial charge in [-0.1, -0.05) is 163 Å². The number of hydrogen-bond acceptors (Lipinski definition) is 3. The number of fused-ring (bicyclic) bond motifs is 1. The third-order valence-corrected chi connectivity index (χ3v) is 11.1. The Balaban J connectivity index is 1.27. The summed E-state index contributed by atoms with van der Waals surface area (Å²) in [4.78, 5) is 10.2. The molecule has 0 bridgehead atoms. The van der Waals surface area contributed by atoms with Crippen molar-refractivity contribution < 1.29 is 17.4 Å². The zero-order valence-electron chi connectivity index (χ0n) is 42.6. The number of aromatic nitrogens is 3. The maximum absolute atomic E-state index is 11.5. The minimum Gasteiger partial charge on any atom is -0.507 e. The Labute approximate surface area is 366 Å². The highest BCUT2D eigenvalue weighted by Crippen LogP contribution is 2.42. The normalized spacial score (nSPS) is 14.8. The maximum Gasteiger partial charge on any atom is 0.149 e. The molecule has 294 valence electrons.